The summed E-state index contributed by atoms with van der Waals surface area (Å²) >= 11 is 0. The highest BCUT2D eigenvalue weighted by Crippen LogP contribution is 2.46. The molecule has 1 unspecified atom stereocenters. The van der Waals surface area contributed by atoms with E-state index < -0.39 is 0 Å². The number of aryl methyl sites for hydroxylation is 1. The monoisotopic (exact) mass is 353 g/mol. The number of hydrogen-bond donors (Lipinski definition) is 0. The first kappa shape index (κ1) is 17.2. The standard InChI is InChI=1S/C22H26FN2O/c1-4-25(3)12-11-21-19(14-25)18-13-15(2)5-10-20(18)24(21)22(26)16-6-8-17(23)9-7-16/h5-10,13,19,21H,4,11-12,14H2,1-3H3/q+1/t19-,21+,25?/m0/s1. The van der Waals surface area contributed by atoms with E-state index in [1.165, 1.54) is 23.3 Å². The van der Waals surface area contributed by atoms with E-state index in [2.05, 4.69) is 39.1 Å². The second-order valence-corrected chi connectivity index (χ2v) is 8.05. The van der Waals surface area contributed by atoms with Gasteiger partial charge in [0, 0.05) is 17.7 Å². The van der Waals surface area contributed by atoms with E-state index >= 15 is 0 Å². The van der Waals surface area contributed by atoms with Crippen molar-refractivity contribution in [1.29, 1.82) is 0 Å². The Morgan fingerprint density at radius 3 is 2.65 bits per heavy atom. The van der Waals surface area contributed by atoms with Gasteiger partial charge >= 0.3 is 0 Å². The van der Waals surface area contributed by atoms with Gasteiger partial charge in [0.05, 0.1) is 38.6 Å². The molecule has 26 heavy (non-hydrogen) atoms. The van der Waals surface area contributed by atoms with Crippen LogP contribution in [0.4, 0.5) is 10.1 Å². The van der Waals surface area contributed by atoms with Gasteiger partial charge in [0.15, 0.2) is 0 Å². The van der Waals surface area contributed by atoms with Crippen molar-refractivity contribution in [3.63, 3.8) is 0 Å². The van der Waals surface area contributed by atoms with Gasteiger partial charge in [0.25, 0.3) is 5.91 Å². The molecule has 0 radical (unpaired) electrons. The fourth-order valence-electron chi connectivity index (χ4n) is 4.60. The van der Waals surface area contributed by atoms with Crippen molar-refractivity contribution in [2.45, 2.75) is 32.2 Å². The largest absolute Gasteiger partial charge is 0.326 e. The second-order valence-electron chi connectivity index (χ2n) is 8.05. The summed E-state index contributed by atoms with van der Waals surface area (Å²) in [6.07, 6.45) is 0.996. The van der Waals surface area contributed by atoms with Crippen molar-refractivity contribution < 1.29 is 13.7 Å². The number of likely N-dealkylation sites (N-methyl/N-ethyl adjacent to an activating group) is 1. The first-order valence-electron chi connectivity index (χ1n) is 9.45. The number of quaternary nitrogens is 1. The van der Waals surface area contributed by atoms with Gasteiger partial charge in [-0.3, -0.25) is 4.79 Å². The molecule has 0 saturated carbocycles. The number of nitrogens with zero attached hydrogens (tertiary/aromatic N) is 2. The van der Waals surface area contributed by atoms with Crippen LogP contribution in [0.25, 0.3) is 0 Å². The predicted octanol–water partition coefficient (Wildman–Crippen LogP) is 4.12. The Morgan fingerprint density at radius 1 is 1.23 bits per heavy atom. The van der Waals surface area contributed by atoms with Crippen LogP contribution in [0, 0.1) is 12.7 Å². The molecule has 136 valence electrons. The summed E-state index contributed by atoms with van der Waals surface area (Å²) in [5.41, 5.74) is 4.11. The van der Waals surface area contributed by atoms with Crippen molar-refractivity contribution in [1.82, 2.24) is 0 Å². The molecule has 2 heterocycles. The van der Waals surface area contributed by atoms with Crippen LogP contribution in [0.5, 0.6) is 0 Å². The Balaban J connectivity index is 1.76. The number of amides is 1. The minimum absolute atomic E-state index is 0.0183. The van der Waals surface area contributed by atoms with Gasteiger partial charge < -0.3 is 9.38 Å². The van der Waals surface area contributed by atoms with Gasteiger partial charge in [-0.25, -0.2) is 4.39 Å². The Kier molecular flexibility index (Phi) is 4.11. The Labute approximate surface area is 154 Å². The highest BCUT2D eigenvalue weighted by molar-refractivity contribution is 6.08. The topological polar surface area (TPSA) is 20.3 Å². The van der Waals surface area contributed by atoms with Crippen molar-refractivity contribution in [3.8, 4) is 0 Å². The minimum atomic E-state index is -0.314. The average molecular weight is 353 g/mol. The van der Waals surface area contributed by atoms with Crippen molar-refractivity contribution >= 4 is 11.6 Å². The molecule has 0 aliphatic carbocycles. The first-order chi connectivity index (χ1) is 12.4. The quantitative estimate of drug-likeness (QED) is 0.744. The first-order valence-corrected chi connectivity index (χ1v) is 9.45. The van der Waals surface area contributed by atoms with Crippen molar-refractivity contribution in [3.05, 3.63) is 65.0 Å². The van der Waals surface area contributed by atoms with Crippen LogP contribution < -0.4 is 4.90 Å². The van der Waals surface area contributed by atoms with Gasteiger partial charge in [-0.05, 0) is 49.7 Å². The molecular weight excluding hydrogens is 327 g/mol. The Bertz CT molecular complexity index is 848. The summed E-state index contributed by atoms with van der Waals surface area (Å²) in [6, 6.07) is 12.5. The molecule has 1 fully saturated rings. The summed E-state index contributed by atoms with van der Waals surface area (Å²) in [5, 5.41) is 0. The van der Waals surface area contributed by atoms with E-state index in [0.717, 1.165) is 36.2 Å². The summed E-state index contributed by atoms with van der Waals surface area (Å²) in [5.74, 6) is 0.0359. The number of benzene rings is 2. The minimum Gasteiger partial charge on any atom is -0.326 e. The lowest BCUT2D eigenvalue weighted by Gasteiger charge is -2.43. The van der Waals surface area contributed by atoms with E-state index in [-0.39, 0.29) is 17.8 Å². The summed E-state index contributed by atoms with van der Waals surface area (Å²) in [6.45, 7) is 7.60. The highest BCUT2D eigenvalue weighted by atomic mass is 19.1. The molecule has 0 N–H and O–H groups in total. The van der Waals surface area contributed by atoms with Crippen LogP contribution in [0.2, 0.25) is 0 Å². The average Bonchev–Trinajstić information content (AvgIpc) is 2.94. The maximum Gasteiger partial charge on any atom is 0.258 e. The molecule has 2 aromatic carbocycles. The van der Waals surface area contributed by atoms with Gasteiger partial charge in [0.1, 0.15) is 5.82 Å². The summed E-state index contributed by atoms with van der Waals surface area (Å²) < 4.78 is 14.3. The van der Waals surface area contributed by atoms with Crippen molar-refractivity contribution in [2.24, 2.45) is 0 Å². The Hall–Kier alpha value is -2.20. The number of likely N-dealkylation sites (tertiary alicyclic amines) is 1. The molecule has 3 atom stereocenters. The zero-order valence-corrected chi connectivity index (χ0v) is 15.7. The van der Waals surface area contributed by atoms with Gasteiger partial charge in [-0.15, -0.1) is 0 Å². The van der Waals surface area contributed by atoms with Crippen molar-refractivity contribution in [2.75, 3.05) is 31.6 Å². The van der Waals surface area contributed by atoms with Crippen LogP contribution in [-0.2, 0) is 0 Å². The van der Waals surface area contributed by atoms with Gasteiger partial charge in [-0.1, -0.05) is 17.7 Å². The second kappa shape index (κ2) is 6.20. The number of fused-ring (bicyclic) bond motifs is 3. The van der Waals surface area contributed by atoms with Crippen LogP contribution in [0.3, 0.4) is 0 Å². The van der Waals surface area contributed by atoms with E-state index in [0.29, 0.717) is 11.5 Å². The fraction of sp³-hybridized carbons (Fsp3) is 0.409. The molecular formula is C22H26FN2O+. The molecule has 0 spiro atoms. The van der Waals surface area contributed by atoms with Crippen LogP contribution >= 0.6 is 0 Å². The maximum atomic E-state index is 13.3. The molecule has 1 amide bonds. The van der Waals surface area contributed by atoms with Crippen LogP contribution in [0.1, 0.15) is 40.7 Å². The maximum absolute atomic E-state index is 13.3. The third-order valence-corrected chi connectivity index (χ3v) is 6.31. The molecule has 4 heteroatoms. The highest BCUT2D eigenvalue weighted by Gasteiger charge is 2.48. The van der Waals surface area contributed by atoms with E-state index in [9.17, 15) is 9.18 Å². The normalized spacial score (nSPS) is 27.2. The number of halogens is 1. The predicted molar refractivity (Wildman–Crippen MR) is 102 cm³/mol. The fourth-order valence-corrected chi connectivity index (χ4v) is 4.60. The third-order valence-electron chi connectivity index (χ3n) is 6.31. The lowest BCUT2D eigenvalue weighted by atomic mass is 9.87. The molecule has 2 aromatic rings. The number of rotatable bonds is 2. The molecule has 0 bridgehead atoms. The number of hydrogen-bond acceptors (Lipinski definition) is 1. The molecule has 0 aromatic heterocycles. The summed E-state index contributed by atoms with van der Waals surface area (Å²) in [4.78, 5) is 15.3. The molecule has 3 nitrogen and oxygen atoms in total. The third kappa shape index (κ3) is 2.73. The lowest BCUT2D eigenvalue weighted by Crippen LogP contribution is -2.56. The van der Waals surface area contributed by atoms with Crippen LogP contribution in [0.15, 0.2) is 42.5 Å². The SMILES string of the molecule is CC[N+]1(C)CC[C@@H]2[C@@H](C1)c1cc(C)ccc1N2C(=O)c1ccc(F)cc1. The van der Waals surface area contributed by atoms with Gasteiger partial charge in [0.2, 0.25) is 0 Å². The van der Waals surface area contributed by atoms with E-state index in [4.69, 9.17) is 0 Å². The number of carbonyl (C=O) groups is 1. The molecule has 2 aliphatic heterocycles. The summed E-state index contributed by atoms with van der Waals surface area (Å²) in [7, 11) is 2.32. The lowest BCUT2D eigenvalue weighted by molar-refractivity contribution is -0.913. The van der Waals surface area contributed by atoms with E-state index in [1.54, 1.807) is 12.1 Å². The number of piperidine rings is 1. The zero-order chi connectivity index (χ0) is 18.5. The molecule has 2 aliphatic rings. The molecule has 1 saturated heterocycles. The molecule has 4 rings (SSSR count). The smallest absolute Gasteiger partial charge is 0.258 e. The Morgan fingerprint density at radius 2 is 1.96 bits per heavy atom. The number of anilines is 1. The number of carbonyl (C=O) groups excluding carboxylic acids is 1. The van der Waals surface area contributed by atoms with Crippen LogP contribution in [-0.4, -0.2) is 43.1 Å². The van der Waals surface area contributed by atoms with Gasteiger partial charge in [-0.2, -0.15) is 0 Å². The van der Waals surface area contributed by atoms with E-state index in [1.807, 2.05) is 4.90 Å². The zero-order valence-electron chi connectivity index (χ0n) is 15.7.